The van der Waals surface area contributed by atoms with Crippen molar-refractivity contribution in [2.75, 3.05) is 30.9 Å². The Bertz CT molecular complexity index is 842. The lowest BCUT2D eigenvalue weighted by Gasteiger charge is -2.16. The van der Waals surface area contributed by atoms with Crippen LogP contribution in [0.15, 0.2) is 24.4 Å². The van der Waals surface area contributed by atoms with Gasteiger partial charge < -0.3 is 20.7 Å². The van der Waals surface area contributed by atoms with Crippen molar-refractivity contribution >= 4 is 17.5 Å². The first kappa shape index (κ1) is 18.0. The van der Waals surface area contributed by atoms with Crippen molar-refractivity contribution in [3.63, 3.8) is 0 Å². The number of nitrogens with zero attached hydrogens (tertiary/aromatic N) is 2. The highest BCUT2D eigenvalue weighted by atomic mass is 19.4. The van der Waals surface area contributed by atoms with E-state index in [1.54, 1.807) is 0 Å². The van der Waals surface area contributed by atoms with E-state index in [9.17, 15) is 13.2 Å². The molecular weight excluding hydrogens is 359 g/mol. The summed E-state index contributed by atoms with van der Waals surface area (Å²) in [6.07, 6.45) is -1.50. The third-order valence-electron chi connectivity index (χ3n) is 4.93. The molecule has 0 aliphatic carbocycles. The van der Waals surface area contributed by atoms with E-state index in [0.29, 0.717) is 12.1 Å². The van der Waals surface area contributed by atoms with Crippen LogP contribution in [0.25, 0.3) is 0 Å². The Morgan fingerprint density at radius 1 is 1.22 bits per heavy atom. The molecular formula is C18H20F3N5O. The summed E-state index contributed by atoms with van der Waals surface area (Å²) in [6, 6.07) is 6.74. The Balaban J connectivity index is 1.57. The Morgan fingerprint density at radius 3 is 2.74 bits per heavy atom. The standard InChI is InChI=1S/C18H20F3N5O/c1-27-7-6-22-16-13(18(19,20)21)9-23-17(26-16)24-10-2-3-11-12(8-10)15-5-4-14(11)25-15/h2-3,8-9,14-15,25H,4-7H2,1H3,(H2,22,23,24,26). The average molecular weight is 379 g/mol. The van der Waals surface area contributed by atoms with E-state index >= 15 is 0 Å². The maximum atomic E-state index is 13.2. The number of fused-ring (bicyclic) bond motifs is 5. The molecule has 144 valence electrons. The van der Waals surface area contributed by atoms with Crippen molar-refractivity contribution in [3.05, 3.63) is 41.1 Å². The number of hydrogen-bond acceptors (Lipinski definition) is 6. The highest BCUT2D eigenvalue weighted by Crippen LogP contribution is 2.45. The van der Waals surface area contributed by atoms with Gasteiger partial charge in [-0.2, -0.15) is 18.2 Å². The fraction of sp³-hybridized carbons (Fsp3) is 0.444. The van der Waals surface area contributed by atoms with Gasteiger partial charge in [0.25, 0.3) is 0 Å². The van der Waals surface area contributed by atoms with E-state index in [1.807, 2.05) is 12.1 Å². The molecule has 1 aromatic heterocycles. The number of hydrogen-bond donors (Lipinski definition) is 3. The molecule has 2 unspecified atom stereocenters. The van der Waals surface area contributed by atoms with E-state index in [-0.39, 0.29) is 24.9 Å². The van der Waals surface area contributed by atoms with Gasteiger partial charge in [-0.1, -0.05) is 6.07 Å². The largest absolute Gasteiger partial charge is 0.421 e. The summed E-state index contributed by atoms with van der Waals surface area (Å²) in [7, 11) is 1.48. The van der Waals surface area contributed by atoms with Crippen LogP contribution in [0, 0.1) is 0 Å². The summed E-state index contributed by atoms with van der Waals surface area (Å²) < 4.78 is 44.4. The van der Waals surface area contributed by atoms with Crippen LogP contribution in [0.1, 0.15) is 41.6 Å². The minimum atomic E-state index is -4.54. The van der Waals surface area contributed by atoms with Crippen LogP contribution in [-0.2, 0) is 10.9 Å². The van der Waals surface area contributed by atoms with Crippen LogP contribution in [0.3, 0.4) is 0 Å². The second kappa shape index (κ2) is 6.97. The summed E-state index contributed by atoms with van der Waals surface area (Å²) in [4.78, 5) is 7.86. The topological polar surface area (TPSA) is 71.1 Å². The minimum Gasteiger partial charge on any atom is -0.383 e. The number of alkyl halides is 3. The van der Waals surface area contributed by atoms with Crippen molar-refractivity contribution < 1.29 is 17.9 Å². The zero-order valence-electron chi connectivity index (χ0n) is 14.7. The highest BCUT2D eigenvalue weighted by Gasteiger charge is 2.37. The first-order valence-electron chi connectivity index (χ1n) is 8.79. The molecule has 2 aliphatic rings. The Labute approximate surface area is 154 Å². The normalized spacial score (nSPS) is 20.6. The lowest BCUT2D eigenvalue weighted by molar-refractivity contribution is -0.137. The number of rotatable bonds is 6. The van der Waals surface area contributed by atoms with E-state index < -0.39 is 11.7 Å². The molecule has 9 heteroatoms. The van der Waals surface area contributed by atoms with Gasteiger partial charge in [0.2, 0.25) is 5.95 Å². The molecule has 2 aromatic rings. The number of aromatic nitrogens is 2. The third kappa shape index (κ3) is 3.57. The van der Waals surface area contributed by atoms with Gasteiger partial charge >= 0.3 is 6.18 Å². The van der Waals surface area contributed by atoms with Crippen molar-refractivity contribution in [2.45, 2.75) is 31.1 Å². The molecule has 3 heterocycles. The zero-order valence-corrected chi connectivity index (χ0v) is 14.7. The molecule has 0 amide bonds. The molecule has 0 spiro atoms. The molecule has 0 saturated carbocycles. The minimum absolute atomic E-state index is 0.110. The number of benzene rings is 1. The van der Waals surface area contributed by atoms with Crippen LogP contribution < -0.4 is 16.0 Å². The third-order valence-corrected chi connectivity index (χ3v) is 4.93. The van der Waals surface area contributed by atoms with Gasteiger partial charge in [0.1, 0.15) is 11.4 Å². The van der Waals surface area contributed by atoms with E-state index in [1.165, 1.54) is 18.2 Å². The van der Waals surface area contributed by atoms with Gasteiger partial charge in [-0.25, -0.2) is 4.98 Å². The fourth-order valence-electron chi connectivity index (χ4n) is 3.69. The number of methoxy groups -OCH3 is 1. The lowest BCUT2D eigenvalue weighted by Crippen LogP contribution is -2.16. The SMILES string of the molecule is COCCNc1nc(Nc2ccc3c(c2)C2CCC3N2)ncc1C(F)(F)F. The van der Waals surface area contributed by atoms with Crippen LogP contribution in [-0.4, -0.2) is 30.2 Å². The molecule has 3 N–H and O–H groups in total. The summed E-state index contributed by atoms with van der Waals surface area (Å²) in [5.74, 6) is -0.155. The van der Waals surface area contributed by atoms with Crippen molar-refractivity contribution in [2.24, 2.45) is 0 Å². The maximum Gasteiger partial charge on any atom is 0.421 e. The fourth-order valence-corrected chi connectivity index (χ4v) is 3.69. The lowest BCUT2D eigenvalue weighted by atomic mass is 9.91. The first-order valence-corrected chi connectivity index (χ1v) is 8.79. The van der Waals surface area contributed by atoms with Crippen LogP contribution in [0.5, 0.6) is 0 Å². The molecule has 6 nitrogen and oxygen atoms in total. The molecule has 4 rings (SSSR count). The number of ether oxygens (including phenoxy) is 1. The maximum absolute atomic E-state index is 13.2. The summed E-state index contributed by atoms with van der Waals surface area (Å²) in [6.45, 7) is 0.480. The Hall–Kier alpha value is -2.39. The summed E-state index contributed by atoms with van der Waals surface area (Å²) >= 11 is 0. The molecule has 2 aliphatic heterocycles. The van der Waals surface area contributed by atoms with Gasteiger partial charge in [-0.05, 0) is 36.1 Å². The molecule has 2 atom stereocenters. The second-order valence-electron chi connectivity index (χ2n) is 6.69. The Kier molecular flexibility index (Phi) is 4.65. The van der Waals surface area contributed by atoms with Gasteiger partial charge in [0.05, 0.1) is 6.61 Å². The van der Waals surface area contributed by atoms with Gasteiger partial charge in [-0.3, -0.25) is 0 Å². The Morgan fingerprint density at radius 2 is 2.00 bits per heavy atom. The summed E-state index contributed by atoms with van der Waals surface area (Å²) in [5, 5.41) is 9.22. The molecule has 27 heavy (non-hydrogen) atoms. The zero-order chi connectivity index (χ0) is 19.0. The van der Waals surface area contributed by atoms with Crippen molar-refractivity contribution in [1.82, 2.24) is 15.3 Å². The average Bonchev–Trinajstić information content (AvgIpc) is 3.23. The van der Waals surface area contributed by atoms with Gasteiger partial charge in [-0.15, -0.1) is 0 Å². The number of nitrogens with one attached hydrogen (secondary N) is 3. The van der Waals surface area contributed by atoms with Crippen molar-refractivity contribution in [1.29, 1.82) is 0 Å². The van der Waals surface area contributed by atoms with Gasteiger partial charge in [0, 0.05) is 37.6 Å². The van der Waals surface area contributed by atoms with E-state index in [2.05, 4.69) is 32.0 Å². The molecule has 2 bridgehead atoms. The van der Waals surface area contributed by atoms with E-state index in [0.717, 1.165) is 24.7 Å². The quantitative estimate of drug-likeness (QED) is 0.664. The first-order chi connectivity index (χ1) is 13.0. The monoisotopic (exact) mass is 379 g/mol. The number of halogens is 3. The van der Waals surface area contributed by atoms with Crippen LogP contribution in [0.2, 0.25) is 0 Å². The predicted molar refractivity (Wildman–Crippen MR) is 95.0 cm³/mol. The van der Waals surface area contributed by atoms with Gasteiger partial charge in [0.15, 0.2) is 0 Å². The molecule has 1 fully saturated rings. The highest BCUT2D eigenvalue weighted by molar-refractivity contribution is 5.60. The smallest absolute Gasteiger partial charge is 0.383 e. The van der Waals surface area contributed by atoms with Crippen LogP contribution >= 0.6 is 0 Å². The second-order valence-corrected chi connectivity index (χ2v) is 6.69. The summed E-state index contributed by atoms with van der Waals surface area (Å²) in [5.41, 5.74) is 2.39. The molecule has 1 saturated heterocycles. The predicted octanol–water partition coefficient (Wildman–Crippen LogP) is 3.78. The van der Waals surface area contributed by atoms with Crippen LogP contribution in [0.4, 0.5) is 30.6 Å². The van der Waals surface area contributed by atoms with Crippen molar-refractivity contribution in [3.8, 4) is 0 Å². The van der Waals surface area contributed by atoms with E-state index in [4.69, 9.17) is 4.74 Å². The molecule has 1 aromatic carbocycles. The number of anilines is 3. The molecule has 0 radical (unpaired) electrons.